The van der Waals surface area contributed by atoms with Crippen LogP contribution in [0.3, 0.4) is 0 Å². The van der Waals surface area contributed by atoms with Gasteiger partial charge in [0.2, 0.25) is 11.8 Å². The fourth-order valence-electron chi connectivity index (χ4n) is 2.04. The second-order valence-electron chi connectivity index (χ2n) is 5.10. The first kappa shape index (κ1) is 15.5. The second kappa shape index (κ2) is 6.27. The van der Waals surface area contributed by atoms with Gasteiger partial charge in [-0.2, -0.15) is 5.26 Å². The summed E-state index contributed by atoms with van der Waals surface area (Å²) in [6, 6.07) is 12.8. The van der Waals surface area contributed by atoms with E-state index in [-0.39, 0.29) is 0 Å². The van der Waals surface area contributed by atoms with Gasteiger partial charge in [-0.05, 0) is 25.0 Å². The number of ether oxygens (including phenoxy) is 1. The summed E-state index contributed by atoms with van der Waals surface area (Å²) < 4.78 is 5.04. The van der Waals surface area contributed by atoms with Gasteiger partial charge in [0, 0.05) is 6.07 Å². The van der Waals surface area contributed by atoms with E-state index in [1.54, 1.807) is 37.3 Å². The zero-order chi connectivity index (χ0) is 16.2. The van der Waals surface area contributed by atoms with Crippen molar-refractivity contribution in [3.8, 4) is 11.9 Å². The molecule has 0 bridgehead atoms. The molecule has 0 unspecified atom stereocenters. The van der Waals surface area contributed by atoms with Crippen LogP contribution in [-0.2, 0) is 10.2 Å². The van der Waals surface area contributed by atoms with Crippen LogP contribution in [0.5, 0.6) is 5.88 Å². The molecule has 0 fully saturated rings. The molecule has 0 aliphatic carbocycles. The van der Waals surface area contributed by atoms with E-state index in [1.807, 2.05) is 13.0 Å². The molecular formula is C17H17N3O2. The number of hydrogen-bond acceptors (Lipinski definition) is 4. The molecule has 5 heteroatoms. The molecule has 112 valence electrons. The van der Waals surface area contributed by atoms with E-state index < -0.39 is 11.3 Å². The number of methoxy groups -OCH3 is 1. The minimum absolute atomic E-state index is 0.392. The summed E-state index contributed by atoms with van der Waals surface area (Å²) in [5.74, 6) is 0.0814. The Morgan fingerprint density at radius 3 is 2.59 bits per heavy atom. The number of hydrogen-bond donors (Lipinski definition) is 1. The van der Waals surface area contributed by atoms with Crippen molar-refractivity contribution in [1.82, 2.24) is 4.98 Å². The quantitative estimate of drug-likeness (QED) is 0.941. The Bertz CT molecular complexity index is 722. The van der Waals surface area contributed by atoms with E-state index >= 15 is 0 Å². The summed E-state index contributed by atoms with van der Waals surface area (Å²) >= 11 is 0. The van der Waals surface area contributed by atoms with Gasteiger partial charge < -0.3 is 10.1 Å². The summed E-state index contributed by atoms with van der Waals surface area (Å²) in [6.45, 7) is 3.44. The molecule has 0 radical (unpaired) electrons. The van der Waals surface area contributed by atoms with Crippen molar-refractivity contribution in [2.45, 2.75) is 19.3 Å². The number of pyridine rings is 1. The second-order valence-corrected chi connectivity index (χ2v) is 5.10. The summed E-state index contributed by atoms with van der Waals surface area (Å²) in [7, 11) is 1.53. The predicted molar refractivity (Wildman–Crippen MR) is 83.6 cm³/mol. The van der Waals surface area contributed by atoms with E-state index in [0.29, 0.717) is 17.1 Å². The van der Waals surface area contributed by atoms with Crippen molar-refractivity contribution < 1.29 is 9.53 Å². The number of nitriles is 1. The fourth-order valence-corrected chi connectivity index (χ4v) is 2.04. The monoisotopic (exact) mass is 295 g/mol. The predicted octanol–water partition coefficient (Wildman–Crippen LogP) is 2.82. The fraction of sp³-hybridized carbons (Fsp3) is 0.235. The van der Waals surface area contributed by atoms with Crippen molar-refractivity contribution >= 4 is 11.6 Å². The third kappa shape index (κ3) is 2.91. The Morgan fingerprint density at radius 1 is 1.36 bits per heavy atom. The normalized spacial score (nSPS) is 12.8. The molecule has 1 heterocycles. The average Bonchev–Trinajstić information content (AvgIpc) is 2.56. The van der Waals surface area contributed by atoms with Crippen LogP contribution in [0.4, 0.5) is 5.69 Å². The lowest BCUT2D eigenvalue weighted by Gasteiger charge is -2.21. The van der Waals surface area contributed by atoms with Crippen LogP contribution in [0.2, 0.25) is 0 Å². The van der Waals surface area contributed by atoms with Gasteiger partial charge in [0.15, 0.2) is 5.41 Å². The molecule has 1 atom stereocenters. The lowest BCUT2D eigenvalue weighted by atomic mass is 9.83. The first-order valence-corrected chi connectivity index (χ1v) is 6.80. The van der Waals surface area contributed by atoms with Crippen molar-refractivity contribution in [1.29, 1.82) is 5.26 Å². The van der Waals surface area contributed by atoms with Crippen molar-refractivity contribution in [3.63, 3.8) is 0 Å². The summed E-state index contributed by atoms with van der Waals surface area (Å²) in [6.07, 6.45) is 1.52. The number of benzene rings is 1. The highest BCUT2D eigenvalue weighted by Gasteiger charge is 2.35. The number of aryl methyl sites for hydroxylation is 1. The minimum atomic E-state index is -1.27. The maximum atomic E-state index is 12.6. The molecule has 0 aliphatic heterocycles. The summed E-state index contributed by atoms with van der Waals surface area (Å²) in [5.41, 5.74) is 0.749. The van der Waals surface area contributed by atoms with Gasteiger partial charge in [0.1, 0.15) is 0 Å². The SMILES string of the molecule is COc1cc(C)c(NC(=O)[C@](C)(C#N)c2ccccc2)cn1. The molecule has 1 amide bonds. The Kier molecular flexibility index (Phi) is 4.42. The number of carbonyl (C=O) groups is 1. The molecule has 0 aliphatic rings. The van der Waals surface area contributed by atoms with Crippen molar-refractivity contribution in [2.75, 3.05) is 12.4 Å². The van der Waals surface area contributed by atoms with E-state index in [1.165, 1.54) is 13.3 Å². The maximum Gasteiger partial charge on any atom is 0.249 e. The largest absolute Gasteiger partial charge is 0.481 e. The number of aromatic nitrogens is 1. The number of nitrogens with one attached hydrogen (secondary N) is 1. The molecule has 5 nitrogen and oxygen atoms in total. The summed E-state index contributed by atoms with van der Waals surface area (Å²) in [5, 5.41) is 12.3. The number of nitrogens with zero attached hydrogens (tertiary/aromatic N) is 2. The molecule has 1 N–H and O–H groups in total. The Balaban J connectivity index is 2.29. The van der Waals surface area contributed by atoms with Gasteiger partial charge in [0.25, 0.3) is 0 Å². The highest BCUT2D eigenvalue weighted by molar-refractivity contribution is 6.01. The number of carbonyl (C=O) groups excluding carboxylic acids is 1. The van der Waals surface area contributed by atoms with Crippen molar-refractivity contribution in [3.05, 3.63) is 53.7 Å². The van der Waals surface area contributed by atoms with Gasteiger partial charge in [-0.3, -0.25) is 4.79 Å². The number of rotatable bonds is 4. The van der Waals surface area contributed by atoms with E-state index in [4.69, 9.17) is 4.74 Å². The third-order valence-corrected chi connectivity index (χ3v) is 3.57. The summed E-state index contributed by atoms with van der Waals surface area (Å²) in [4.78, 5) is 16.7. The maximum absolute atomic E-state index is 12.6. The average molecular weight is 295 g/mol. The lowest BCUT2D eigenvalue weighted by molar-refractivity contribution is -0.119. The van der Waals surface area contributed by atoms with Gasteiger partial charge in [-0.25, -0.2) is 4.98 Å². The first-order chi connectivity index (χ1) is 10.5. The van der Waals surface area contributed by atoms with Crippen LogP contribution in [0, 0.1) is 18.3 Å². The molecule has 22 heavy (non-hydrogen) atoms. The van der Waals surface area contributed by atoms with Crippen LogP contribution in [0.1, 0.15) is 18.1 Å². The highest BCUT2D eigenvalue weighted by atomic mass is 16.5. The van der Waals surface area contributed by atoms with Crippen LogP contribution in [0.15, 0.2) is 42.6 Å². The Hall–Kier alpha value is -2.87. The Labute approximate surface area is 129 Å². The topological polar surface area (TPSA) is 75.0 Å². The van der Waals surface area contributed by atoms with Gasteiger partial charge in [-0.1, -0.05) is 30.3 Å². The van der Waals surface area contributed by atoms with Gasteiger partial charge in [-0.15, -0.1) is 0 Å². The highest BCUT2D eigenvalue weighted by Crippen LogP contribution is 2.26. The third-order valence-electron chi connectivity index (χ3n) is 3.57. The molecule has 0 spiro atoms. The molecule has 0 saturated carbocycles. The standard InChI is InChI=1S/C17H17N3O2/c1-12-9-15(22-3)19-10-14(12)20-16(21)17(2,11-18)13-7-5-4-6-8-13/h4-10H,1-3H3,(H,20,21)/t17-/m1/s1. The van der Waals surface area contributed by atoms with Crippen LogP contribution >= 0.6 is 0 Å². The minimum Gasteiger partial charge on any atom is -0.481 e. The van der Waals surface area contributed by atoms with Crippen LogP contribution < -0.4 is 10.1 Å². The lowest BCUT2D eigenvalue weighted by Crippen LogP contribution is -2.36. The zero-order valence-electron chi connectivity index (χ0n) is 12.8. The van der Waals surface area contributed by atoms with Gasteiger partial charge in [0.05, 0.1) is 25.1 Å². The molecular weight excluding hydrogens is 278 g/mol. The number of anilines is 1. The van der Waals surface area contributed by atoms with E-state index in [2.05, 4.69) is 16.4 Å². The van der Waals surface area contributed by atoms with E-state index in [0.717, 1.165) is 5.56 Å². The van der Waals surface area contributed by atoms with Gasteiger partial charge >= 0.3 is 0 Å². The smallest absolute Gasteiger partial charge is 0.249 e. The van der Waals surface area contributed by atoms with Crippen molar-refractivity contribution in [2.24, 2.45) is 0 Å². The number of amides is 1. The molecule has 2 aromatic rings. The Morgan fingerprint density at radius 2 is 2.05 bits per heavy atom. The molecule has 0 saturated heterocycles. The zero-order valence-corrected chi connectivity index (χ0v) is 12.8. The van der Waals surface area contributed by atoms with Crippen LogP contribution in [-0.4, -0.2) is 18.0 Å². The van der Waals surface area contributed by atoms with E-state index in [9.17, 15) is 10.1 Å². The molecule has 1 aromatic carbocycles. The first-order valence-electron chi connectivity index (χ1n) is 6.80. The molecule has 1 aromatic heterocycles. The van der Waals surface area contributed by atoms with Crippen LogP contribution in [0.25, 0.3) is 0 Å². The molecule has 2 rings (SSSR count).